The van der Waals surface area contributed by atoms with Crippen LogP contribution in [-0.2, 0) is 0 Å². The lowest BCUT2D eigenvalue weighted by Crippen LogP contribution is -2.34. The van der Waals surface area contributed by atoms with Gasteiger partial charge in [-0.1, -0.05) is 170 Å². The van der Waals surface area contributed by atoms with Crippen LogP contribution >= 0.6 is 0 Å². The van der Waals surface area contributed by atoms with Crippen LogP contribution in [0, 0.1) is 0 Å². The molecular weight excluding hydrogens is 777 g/mol. The molecule has 1 aliphatic carbocycles. The van der Waals surface area contributed by atoms with E-state index in [0.717, 1.165) is 45.4 Å². The Balaban J connectivity index is 0.990. The lowest BCUT2D eigenvalue weighted by Gasteiger charge is -2.34. The predicted octanol–water partition coefficient (Wildman–Crippen LogP) is 16.4. The molecule has 306 valence electrons. The van der Waals surface area contributed by atoms with Crippen molar-refractivity contribution in [2.75, 3.05) is 9.80 Å². The molecule has 2 atom stereocenters. The Morgan fingerprint density at radius 3 is 1.06 bits per heavy atom. The first-order chi connectivity index (χ1) is 31.6. The summed E-state index contributed by atoms with van der Waals surface area (Å²) in [4.78, 5) is 4.73. The summed E-state index contributed by atoms with van der Waals surface area (Å²) in [5.41, 5.74) is 16.6. The fourth-order valence-corrected chi connectivity index (χ4v) is 9.27. The van der Waals surface area contributed by atoms with Gasteiger partial charge in [-0.25, -0.2) is 0 Å². The van der Waals surface area contributed by atoms with E-state index in [1.54, 1.807) is 0 Å². The number of anilines is 5. The van der Waals surface area contributed by atoms with Crippen molar-refractivity contribution in [2.45, 2.75) is 18.4 Å². The summed E-state index contributed by atoms with van der Waals surface area (Å²) in [5.74, 6) is 0.864. The third-order valence-electron chi connectivity index (χ3n) is 12.6. The summed E-state index contributed by atoms with van der Waals surface area (Å²) in [6, 6.07) is 84.6. The van der Waals surface area contributed by atoms with E-state index >= 15 is 0 Å². The van der Waals surface area contributed by atoms with Crippen LogP contribution in [0.1, 0.15) is 18.4 Å². The van der Waals surface area contributed by atoms with Gasteiger partial charge in [0.05, 0.1) is 5.92 Å². The quantitative estimate of drug-likeness (QED) is 0.137. The Kier molecular flexibility index (Phi) is 10.1. The molecule has 0 spiro atoms. The number of nitrogens with zero attached hydrogens (tertiary/aromatic N) is 2. The molecule has 3 heteroatoms. The van der Waals surface area contributed by atoms with Crippen molar-refractivity contribution in [3.05, 3.63) is 266 Å². The third-order valence-corrected chi connectivity index (χ3v) is 12.6. The van der Waals surface area contributed by atoms with Crippen LogP contribution in [0.4, 0.5) is 28.4 Å². The number of allylic oxidation sites excluding steroid dienone is 1. The Morgan fingerprint density at radius 2 is 0.688 bits per heavy atom. The first-order valence-electron chi connectivity index (χ1n) is 22.0. The van der Waals surface area contributed by atoms with Crippen LogP contribution in [0.2, 0.25) is 0 Å². The molecule has 0 radical (unpaired) electrons. The lowest BCUT2D eigenvalue weighted by atomic mass is 9.81. The molecule has 0 saturated heterocycles. The zero-order valence-electron chi connectivity index (χ0n) is 35.6. The van der Waals surface area contributed by atoms with Crippen molar-refractivity contribution >= 4 is 28.4 Å². The van der Waals surface area contributed by atoms with Crippen LogP contribution in [0.25, 0.3) is 44.5 Å². The number of ether oxygens (including phenoxy) is 1. The molecular formula is C61H46N2O. The highest BCUT2D eigenvalue weighted by Gasteiger charge is 2.44. The largest absolute Gasteiger partial charge is 0.482 e. The molecule has 3 nitrogen and oxygen atoms in total. The maximum absolute atomic E-state index is 6.87. The van der Waals surface area contributed by atoms with E-state index < -0.39 is 5.60 Å². The van der Waals surface area contributed by atoms with Crippen molar-refractivity contribution in [1.82, 2.24) is 0 Å². The number of rotatable bonds is 10. The maximum Gasteiger partial charge on any atom is 0.135 e. The van der Waals surface area contributed by atoms with E-state index in [4.69, 9.17) is 4.74 Å². The van der Waals surface area contributed by atoms with Crippen LogP contribution in [0.5, 0.6) is 5.75 Å². The van der Waals surface area contributed by atoms with Gasteiger partial charge in [0.25, 0.3) is 0 Å². The Bertz CT molecular complexity index is 2920. The summed E-state index contributed by atoms with van der Waals surface area (Å²) in [6.45, 7) is 2.21. The van der Waals surface area contributed by atoms with E-state index in [9.17, 15) is 0 Å². The fraction of sp³-hybridized carbons (Fsp3) is 0.0492. The molecule has 0 N–H and O–H groups in total. The number of hydrogen-bond acceptors (Lipinski definition) is 3. The molecule has 9 aromatic rings. The van der Waals surface area contributed by atoms with Gasteiger partial charge in [0.15, 0.2) is 0 Å². The van der Waals surface area contributed by atoms with Gasteiger partial charge in [0.2, 0.25) is 0 Å². The molecule has 0 fully saturated rings. The maximum atomic E-state index is 6.87. The summed E-state index contributed by atoms with van der Waals surface area (Å²) in [6.07, 6.45) is 6.88. The first-order valence-corrected chi connectivity index (χ1v) is 22.0. The molecule has 1 heterocycles. The highest BCUT2D eigenvalue weighted by atomic mass is 16.5. The molecule has 11 rings (SSSR count). The summed E-state index contributed by atoms with van der Waals surface area (Å²) < 4.78 is 6.87. The van der Waals surface area contributed by atoms with Gasteiger partial charge in [0, 0.05) is 39.7 Å². The van der Waals surface area contributed by atoms with Crippen LogP contribution in [0.15, 0.2) is 261 Å². The Morgan fingerprint density at radius 1 is 0.359 bits per heavy atom. The minimum Gasteiger partial charge on any atom is -0.482 e. The Hall–Kier alpha value is -8.14. The minimum atomic E-state index is -0.552. The summed E-state index contributed by atoms with van der Waals surface area (Å²) in [7, 11) is 0. The van der Waals surface area contributed by atoms with E-state index in [0.29, 0.717) is 0 Å². The van der Waals surface area contributed by atoms with Crippen molar-refractivity contribution in [3.8, 4) is 50.3 Å². The van der Waals surface area contributed by atoms with Gasteiger partial charge in [-0.3, -0.25) is 0 Å². The number of hydrogen-bond donors (Lipinski definition) is 0. The highest BCUT2D eigenvalue weighted by molar-refractivity contribution is 5.82. The molecule has 9 aromatic carbocycles. The zero-order valence-corrected chi connectivity index (χ0v) is 35.6. The molecule has 0 bridgehead atoms. The van der Waals surface area contributed by atoms with E-state index in [1.807, 2.05) is 0 Å². The van der Waals surface area contributed by atoms with Crippen LogP contribution in [-0.4, -0.2) is 5.60 Å². The predicted molar refractivity (Wildman–Crippen MR) is 267 cm³/mol. The average Bonchev–Trinajstić information content (AvgIpc) is 3.67. The van der Waals surface area contributed by atoms with Gasteiger partial charge >= 0.3 is 0 Å². The van der Waals surface area contributed by atoms with Crippen molar-refractivity contribution in [1.29, 1.82) is 0 Å². The molecule has 2 aliphatic rings. The second-order valence-corrected chi connectivity index (χ2v) is 16.7. The first kappa shape index (κ1) is 38.8. The number of benzene rings is 9. The van der Waals surface area contributed by atoms with E-state index in [-0.39, 0.29) is 5.92 Å². The van der Waals surface area contributed by atoms with Crippen molar-refractivity contribution < 1.29 is 4.74 Å². The van der Waals surface area contributed by atoms with Gasteiger partial charge in [-0.15, -0.1) is 0 Å². The average molecular weight is 823 g/mol. The minimum absolute atomic E-state index is 0.0418. The van der Waals surface area contributed by atoms with Crippen LogP contribution in [0.3, 0.4) is 0 Å². The number of fused-ring (bicyclic) bond motifs is 3. The molecule has 0 saturated carbocycles. The van der Waals surface area contributed by atoms with Gasteiger partial charge < -0.3 is 14.5 Å². The Labute approximate surface area is 376 Å². The SMILES string of the molecule is CC12C=CC(N(c3ccc(-c4ccccc4)cc3)c3ccc(-c4ccccc4)cc3)=CC1c1cc(N(c3ccc(-c4ccccc4)cc3)c3ccc(-c4ccccc4)cc3)ccc1O2. The van der Waals surface area contributed by atoms with Crippen molar-refractivity contribution in [2.24, 2.45) is 0 Å². The van der Waals surface area contributed by atoms with Gasteiger partial charge in [0.1, 0.15) is 11.4 Å². The normalized spacial score (nSPS) is 16.0. The summed E-state index contributed by atoms with van der Waals surface area (Å²) >= 11 is 0. The van der Waals surface area contributed by atoms with Gasteiger partial charge in [-0.2, -0.15) is 0 Å². The van der Waals surface area contributed by atoms with E-state index in [2.05, 4.69) is 272 Å². The second kappa shape index (κ2) is 16.6. The fourth-order valence-electron chi connectivity index (χ4n) is 9.27. The van der Waals surface area contributed by atoms with E-state index in [1.165, 1.54) is 44.5 Å². The highest BCUT2D eigenvalue weighted by Crippen LogP contribution is 2.52. The monoisotopic (exact) mass is 822 g/mol. The molecule has 64 heavy (non-hydrogen) atoms. The standard InChI is InChI=1S/C61H46N2O/c1-61-41-40-57(63(54-34-26-50(27-35-54)46-18-10-4-11-19-46)55-36-28-51(29-37-55)47-20-12-5-13-21-47)43-59(61)58-42-56(38-39-60(58)64-61)62(52-30-22-48(23-31-52)44-14-6-2-7-15-44)53-32-24-49(25-33-53)45-16-8-3-9-17-45/h2-43,59H,1H3. The lowest BCUT2D eigenvalue weighted by molar-refractivity contribution is 0.155. The third kappa shape index (κ3) is 7.48. The van der Waals surface area contributed by atoms with Crippen LogP contribution < -0.4 is 14.5 Å². The van der Waals surface area contributed by atoms with Crippen molar-refractivity contribution in [3.63, 3.8) is 0 Å². The zero-order chi connectivity index (χ0) is 42.9. The second-order valence-electron chi connectivity index (χ2n) is 16.7. The summed E-state index contributed by atoms with van der Waals surface area (Å²) in [5, 5.41) is 0. The molecule has 0 amide bonds. The molecule has 2 unspecified atom stereocenters. The topological polar surface area (TPSA) is 15.7 Å². The molecule has 1 aliphatic heterocycles. The molecule has 0 aromatic heterocycles. The smallest absolute Gasteiger partial charge is 0.135 e. The van der Waals surface area contributed by atoms with Gasteiger partial charge in [-0.05, 0) is 136 Å².